The number of esters is 1. The average molecular weight is 132 g/mol. The van der Waals surface area contributed by atoms with Gasteiger partial charge in [0.15, 0.2) is 5.55 Å². The Hall–Kier alpha value is -0.440. The first-order valence-electron chi connectivity index (χ1n) is 2.44. The molecule has 0 aromatic rings. The number of thiocarbonyl (C=S) groups is 1. The van der Waals surface area contributed by atoms with Crippen molar-refractivity contribution in [3.8, 4) is 0 Å². The first-order chi connectivity index (χ1) is 3.81. The fourth-order valence-corrected chi connectivity index (χ4v) is 0.424. The zero-order chi connectivity index (χ0) is 6.41. The van der Waals surface area contributed by atoms with Gasteiger partial charge < -0.3 is 4.74 Å². The van der Waals surface area contributed by atoms with Crippen molar-refractivity contribution in [3.63, 3.8) is 0 Å². The van der Waals surface area contributed by atoms with Crippen LogP contribution in [-0.2, 0) is 9.53 Å². The SMILES string of the molecule is CCCC(=O)OC=S. The second kappa shape index (κ2) is 4.71. The molecule has 0 amide bonds. The molecule has 0 radical (unpaired) electrons. The molecule has 0 heterocycles. The van der Waals surface area contributed by atoms with Crippen LogP contribution in [0.2, 0.25) is 0 Å². The molecule has 0 spiro atoms. The average Bonchev–Trinajstić information content (AvgIpc) is 1.68. The van der Waals surface area contributed by atoms with Crippen molar-refractivity contribution in [2.75, 3.05) is 0 Å². The van der Waals surface area contributed by atoms with Gasteiger partial charge in [0, 0.05) is 6.42 Å². The number of carbonyl (C=O) groups is 1. The quantitative estimate of drug-likeness (QED) is 0.427. The van der Waals surface area contributed by atoms with Gasteiger partial charge in [-0.2, -0.15) is 0 Å². The van der Waals surface area contributed by atoms with Gasteiger partial charge in [0.25, 0.3) is 0 Å². The van der Waals surface area contributed by atoms with Crippen molar-refractivity contribution in [1.29, 1.82) is 0 Å². The van der Waals surface area contributed by atoms with Crippen LogP contribution in [0.25, 0.3) is 0 Å². The van der Waals surface area contributed by atoms with E-state index in [1.54, 1.807) is 0 Å². The van der Waals surface area contributed by atoms with Crippen LogP contribution in [0.5, 0.6) is 0 Å². The summed E-state index contributed by atoms with van der Waals surface area (Å²) >= 11 is 4.27. The second-order valence-corrected chi connectivity index (χ2v) is 1.53. The van der Waals surface area contributed by atoms with Gasteiger partial charge in [-0.3, -0.25) is 4.79 Å². The van der Waals surface area contributed by atoms with Crippen molar-refractivity contribution in [2.45, 2.75) is 19.8 Å². The van der Waals surface area contributed by atoms with E-state index in [1.807, 2.05) is 6.92 Å². The molecule has 8 heavy (non-hydrogen) atoms. The number of hydrogen-bond acceptors (Lipinski definition) is 3. The van der Waals surface area contributed by atoms with Gasteiger partial charge >= 0.3 is 5.97 Å². The standard InChI is InChI=1S/C5H8O2S/c1-2-3-5(6)7-4-8/h4H,2-3H2,1H3. The van der Waals surface area contributed by atoms with E-state index >= 15 is 0 Å². The molecule has 0 aliphatic rings. The Bertz CT molecular complexity index is 90.4. The lowest BCUT2D eigenvalue weighted by atomic mass is 10.3. The lowest BCUT2D eigenvalue weighted by Crippen LogP contribution is -1.99. The van der Waals surface area contributed by atoms with Crippen LogP contribution in [0.3, 0.4) is 0 Å². The van der Waals surface area contributed by atoms with Gasteiger partial charge in [-0.25, -0.2) is 0 Å². The van der Waals surface area contributed by atoms with Gasteiger partial charge in [-0.05, 0) is 18.6 Å². The van der Waals surface area contributed by atoms with E-state index in [0.717, 1.165) is 12.0 Å². The van der Waals surface area contributed by atoms with Crippen LogP contribution >= 0.6 is 12.2 Å². The Morgan fingerprint density at radius 3 is 2.88 bits per heavy atom. The molecule has 3 heteroatoms. The maximum Gasteiger partial charge on any atom is 0.311 e. The molecular weight excluding hydrogens is 124 g/mol. The summed E-state index contributed by atoms with van der Waals surface area (Å²) in [6.45, 7) is 1.91. The smallest absolute Gasteiger partial charge is 0.311 e. The molecule has 0 bridgehead atoms. The third kappa shape index (κ3) is 3.74. The van der Waals surface area contributed by atoms with Crippen LogP contribution in [-0.4, -0.2) is 11.5 Å². The predicted octanol–water partition coefficient (Wildman–Crippen LogP) is 1.29. The summed E-state index contributed by atoms with van der Waals surface area (Å²) in [7, 11) is 0. The highest BCUT2D eigenvalue weighted by Crippen LogP contribution is 1.87. The summed E-state index contributed by atoms with van der Waals surface area (Å²) < 4.78 is 4.33. The maximum absolute atomic E-state index is 10.3. The largest absolute Gasteiger partial charge is 0.423 e. The minimum atomic E-state index is -0.248. The molecule has 0 atom stereocenters. The Morgan fingerprint density at radius 1 is 1.88 bits per heavy atom. The van der Waals surface area contributed by atoms with Crippen molar-refractivity contribution in [1.82, 2.24) is 0 Å². The van der Waals surface area contributed by atoms with Crippen LogP contribution in [0, 0.1) is 0 Å². The van der Waals surface area contributed by atoms with E-state index in [2.05, 4.69) is 17.0 Å². The third-order valence-electron chi connectivity index (χ3n) is 0.634. The number of hydrogen-bond donors (Lipinski definition) is 0. The van der Waals surface area contributed by atoms with E-state index in [4.69, 9.17) is 0 Å². The second-order valence-electron chi connectivity index (χ2n) is 1.34. The van der Waals surface area contributed by atoms with Crippen molar-refractivity contribution >= 4 is 23.7 Å². The number of carbonyl (C=O) groups excluding carboxylic acids is 1. The number of ether oxygens (including phenoxy) is 1. The highest BCUT2D eigenvalue weighted by molar-refractivity contribution is 7.78. The van der Waals surface area contributed by atoms with E-state index in [1.165, 1.54) is 0 Å². The normalized spacial score (nSPS) is 8.12. The Kier molecular flexibility index (Phi) is 4.45. The summed E-state index contributed by atoms with van der Waals surface area (Å²) in [5.74, 6) is -0.248. The molecule has 0 unspecified atom stereocenters. The molecule has 46 valence electrons. The topological polar surface area (TPSA) is 26.3 Å². The Morgan fingerprint density at radius 2 is 2.50 bits per heavy atom. The minimum Gasteiger partial charge on any atom is -0.423 e. The van der Waals surface area contributed by atoms with Gasteiger partial charge in [-0.15, -0.1) is 0 Å². The monoisotopic (exact) mass is 132 g/mol. The lowest BCUT2D eigenvalue weighted by molar-refractivity contribution is -0.134. The third-order valence-corrected chi connectivity index (χ3v) is 0.730. The van der Waals surface area contributed by atoms with Crippen molar-refractivity contribution in [2.24, 2.45) is 0 Å². The summed E-state index contributed by atoms with van der Waals surface area (Å²) in [5, 5.41) is 0. The molecular formula is C5H8O2S. The molecule has 0 fully saturated rings. The van der Waals surface area contributed by atoms with E-state index in [-0.39, 0.29) is 5.97 Å². The van der Waals surface area contributed by atoms with E-state index in [0.29, 0.717) is 6.42 Å². The Balaban J connectivity index is 3.18. The lowest BCUT2D eigenvalue weighted by Gasteiger charge is -1.91. The zero-order valence-corrected chi connectivity index (χ0v) is 5.53. The first-order valence-corrected chi connectivity index (χ1v) is 2.91. The molecule has 0 saturated carbocycles. The van der Waals surface area contributed by atoms with Gasteiger partial charge in [0.1, 0.15) is 0 Å². The molecule has 2 nitrogen and oxygen atoms in total. The molecule has 0 aliphatic carbocycles. The molecule has 0 saturated heterocycles. The zero-order valence-electron chi connectivity index (χ0n) is 4.72. The van der Waals surface area contributed by atoms with Gasteiger partial charge in [0.05, 0.1) is 0 Å². The molecule has 0 rings (SSSR count). The minimum absolute atomic E-state index is 0.248. The van der Waals surface area contributed by atoms with Crippen LogP contribution < -0.4 is 0 Å². The molecule has 0 aromatic heterocycles. The fraction of sp³-hybridized carbons (Fsp3) is 0.600. The fourth-order valence-electron chi connectivity index (χ4n) is 0.317. The summed E-state index contributed by atoms with van der Waals surface area (Å²) in [6.07, 6.45) is 1.26. The Labute approximate surface area is 53.8 Å². The summed E-state index contributed by atoms with van der Waals surface area (Å²) in [6, 6.07) is 0. The van der Waals surface area contributed by atoms with E-state index < -0.39 is 0 Å². The summed E-state index contributed by atoms with van der Waals surface area (Å²) in [5.41, 5.74) is 0.984. The molecule has 0 N–H and O–H groups in total. The van der Waals surface area contributed by atoms with Crippen LogP contribution in [0.1, 0.15) is 19.8 Å². The highest BCUT2D eigenvalue weighted by Gasteiger charge is 1.94. The van der Waals surface area contributed by atoms with Crippen LogP contribution in [0.4, 0.5) is 0 Å². The highest BCUT2D eigenvalue weighted by atomic mass is 32.1. The first kappa shape index (κ1) is 7.56. The van der Waals surface area contributed by atoms with E-state index in [9.17, 15) is 4.79 Å². The maximum atomic E-state index is 10.3. The molecule has 0 aromatic carbocycles. The van der Waals surface area contributed by atoms with Gasteiger partial charge in [-0.1, -0.05) is 6.92 Å². The predicted molar refractivity (Wildman–Crippen MR) is 34.7 cm³/mol. The van der Waals surface area contributed by atoms with Crippen molar-refractivity contribution in [3.05, 3.63) is 0 Å². The molecule has 0 aliphatic heterocycles. The van der Waals surface area contributed by atoms with Crippen molar-refractivity contribution < 1.29 is 9.53 Å². The number of rotatable bonds is 3. The summed E-state index contributed by atoms with van der Waals surface area (Å²) in [4.78, 5) is 10.3. The van der Waals surface area contributed by atoms with Gasteiger partial charge in [0.2, 0.25) is 0 Å². The van der Waals surface area contributed by atoms with Crippen LogP contribution in [0.15, 0.2) is 0 Å².